The summed E-state index contributed by atoms with van der Waals surface area (Å²) >= 11 is 0. The van der Waals surface area contributed by atoms with Crippen molar-refractivity contribution < 1.29 is 23.9 Å². The predicted molar refractivity (Wildman–Crippen MR) is 114 cm³/mol. The molecule has 1 unspecified atom stereocenters. The molecule has 0 spiro atoms. The molecule has 1 atom stereocenters. The minimum atomic E-state index is -0.441. The maximum atomic E-state index is 12.9. The molecule has 0 aliphatic carbocycles. The van der Waals surface area contributed by atoms with Gasteiger partial charge in [0.15, 0.2) is 0 Å². The van der Waals surface area contributed by atoms with Crippen LogP contribution in [0.4, 0.5) is 0 Å². The summed E-state index contributed by atoms with van der Waals surface area (Å²) in [5.74, 6) is -0.578. The molecule has 2 saturated heterocycles. The van der Waals surface area contributed by atoms with Crippen LogP contribution in [-0.2, 0) is 14.4 Å². The molecular weight excluding hydrogens is 398 g/mol. The maximum absolute atomic E-state index is 12.9. The minimum absolute atomic E-state index is 0.0268. The lowest BCUT2D eigenvalue weighted by molar-refractivity contribution is -0.137. The molecule has 0 aromatic heterocycles. The molecule has 2 aliphatic rings. The maximum Gasteiger partial charge on any atom is 0.308 e. The lowest BCUT2D eigenvalue weighted by Gasteiger charge is -2.35. The van der Waals surface area contributed by atoms with E-state index in [1.165, 1.54) is 13.0 Å². The van der Waals surface area contributed by atoms with Crippen LogP contribution in [0.1, 0.15) is 57.3 Å². The highest BCUT2D eigenvalue weighted by Crippen LogP contribution is 2.28. The van der Waals surface area contributed by atoms with Gasteiger partial charge in [-0.15, -0.1) is 0 Å². The molecule has 31 heavy (non-hydrogen) atoms. The van der Waals surface area contributed by atoms with Crippen molar-refractivity contribution >= 4 is 23.7 Å². The monoisotopic (exact) mass is 429 g/mol. The molecule has 3 rings (SSSR count). The van der Waals surface area contributed by atoms with E-state index in [1.807, 2.05) is 25.7 Å². The number of hydrogen-bond donors (Lipinski definition) is 1. The molecule has 1 aromatic rings. The van der Waals surface area contributed by atoms with Gasteiger partial charge in [-0.3, -0.25) is 19.2 Å². The van der Waals surface area contributed by atoms with Gasteiger partial charge in [-0.2, -0.15) is 0 Å². The first-order chi connectivity index (χ1) is 14.5. The van der Waals surface area contributed by atoms with Gasteiger partial charge in [0.05, 0.1) is 5.92 Å². The molecular formula is C23H31N3O5. The van der Waals surface area contributed by atoms with Crippen LogP contribution in [0, 0.1) is 5.92 Å². The molecule has 0 bridgehead atoms. The Morgan fingerprint density at radius 2 is 1.81 bits per heavy atom. The van der Waals surface area contributed by atoms with Gasteiger partial charge in [0.25, 0.3) is 5.91 Å². The topological polar surface area (TPSA) is 96.0 Å². The van der Waals surface area contributed by atoms with Crippen molar-refractivity contribution in [2.24, 2.45) is 5.92 Å². The number of hydrogen-bond acceptors (Lipinski definition) is 5. The molecule has 168 valence electrons. The van der Waals surface area contributed by atoms with E-state index in [0.29, 0.717) is 43.8 Å². The van der Waals surface area contributed by atoms with Gasteiger partial charge in [-0.1, -0.05) is 6.07 Å². The number of nitrogens with zero attached hydrogens (tertiary/aromatic N) is 2. The SMILES string of the molecule is CC(=O)Oc1cccc(C(=O)NC2CCN(C(=O)C3CC(=O)N(C(C)(C)C)C3)CC2)c1. The average Bonchev–Trinajstić information content (AvgIpc) is 3.10. The molecule has 1 aromatic carbocycles. The Kier molecular flexibility index (Phi) is 6.67. The third-order valence-electron chi connectivity index (χ3n) is 5.78. The molecule has 2 heterocycles. The Morgan fingerprint density at radius 3 is 2.39 bits per heavy atom. The van der Waals surface area contributed by atoms with Crippen LogP contribution in [0.2, 0.25) is 0 Å². The van der Waals surface area contributed by atoms with Crippen molar-refractivity contribution in [2.75, 3.05) is 19.6 Å². The van der Waals surface area contributed by atoms with Gasteiger partial charge in [-0.25, -0.2) is 0 Å². The second kappa shape index (κ2) is 9.08. The van der Waals surface area contributed by atoms with Crippen LogP contribution in [-0.4, -0.2) is 64.7 Å². The van der Waals surface area contributed by atoms with Crippen LogP contribution in [0.25, 0.3) is 0 Å². The molecule has 3 amide bonds. The van der Waals surface area contributed by atoms with Crippen LogP contribution < -0.4 is 10.1 Å². The van der Waals surface area contributed by atoms with Crippen LogP contribution in [0.5, 0.6) is 5.75 Å². The first kappa shape index (κ1) is 22.8. The number of carbonyl (C=O) groups excluding carboxylic acids is 4. The lowest BCUT2D eigenvalue weighted by Crippen LogP contribution is -2.48. The first-order valence-electron chi connectivity index (χ1n) is 10.7. The highest BCUT2D eigenvalue weighted by Gasteiger charge is 2.41. The van der Waals surface area contributed by atoms with Crippen LogP contribution in [0.3, 0.4) is 0 Å². The standard InChI is InChI=1S/C23H31N3O5/c1-15(27)31-19-7-5-6-16(12-19)21(29)24-18-8-10-25(11-9-18)22(30)17-13-20(28)26(14-17)23(2,3)4/h5-7,12,17-18H,8-11,13-14H2,1-4H3,(H,24,29). The van der Waals surface area contributed by atoms with Gasteiger partial charge in [0, 0.05) is 50.1 Å². The third-order valence-corrected chi connectivity index (χ3v) is 5.78. The van der Waals surface area contributed by atoms with Crippen molar-refractivity contribution in [3.05, 3.63) is 29.8 Å². The summed E-state index contributed by atoms with van der Waals surface area (Å²) in [6.45, 7) is 8.82. The third kappa shape index (κ3) is 5.62. The summed E-state index contributed by atoms with van der Waals surface area (Å²) in [6, 6.07) is 6.45. The van der Waals surface area contributed by atoms with E-state index in [9.17, 15) is 19.2 Å². The zero-order chi connectivity index (χ0) is 22.8. The number of benzene rings is 1. The van der Waals surface area contributed by atoms with Gasteiger partial charge in [0.2, 0.25) is 11.8 Å². The quantitative estimate of drug-likeness (QED) is 0.583. The van der Waals surface area contributed by atoms with Gasteiger partial charge in [-0.05, 0) is 51.8 Å². The number of ether oxygens (including phenoxy) is 1. The van der Waals surface area contributed by atoms with Crippen molar-refractivity contribution in [3.63, 3.8) is 0 Å². The minimum Gasteiger partial charge on any atom is -0.427 e. The summed E-state index contributed by atoms with van der Waals surface area (Å²) in [5.41, 5.74) is 0.139. The van der Waals surface area contributed by atoms with Crippen molar-refractivity contribution in [3.8, 4) is 5.75 Å². The second-order valence-electron chi connectivity index (χ2n) is 9.27. The predicted octanol–water partition coefficient (Wildman–Crippen LogP) is 1.98. The van der Waals surface area contributed by atoms with Gasteiger partial charge >= 0.3 is 5.97 Å². The molecule has 2 aliphatic heterocycles. The van der Waals surface area contributed by atoms with E-state index in [-0.39, 0.29) is 41.6 Å². The zero-order valence-corrected chi connectivity index (χ0v) is 18.6. The number of esters is 1. The fourth-order valence-electron chi connectivity index (χ4n) is 4.16. The highest BCUT2D eigenvalue weighted by atomic mass is 16.5. The van der Waals surface area contributed by atoms with E-state index in [4.69, 9.17) is 4.74 Å². The fourth-order valence-corrected chi connectivity index (χ4v) is 4.16. The molecule has 2 fully saturated rings. The van der Waals surface area contributed by atoms with Gasteiger partial charge < -0.3 is 19.9 Å². The number of amides is 3. The Morgan fingerprint density at radius 1 is 1.13 bits per heavy atom. The first-order valence-corrected chi connectivity index (χ1v) is 10.7. The number of rotatable bonds is 4. The summed E-state index contributed by atoms with van der Waals surface area (Å²) in [7, 11) is 0. The zero-order valence-electron chi connectivity index (χ0n) is 18.6. The second-order valence-corrected chi connectivity index (χ2v) is 9.27. The van der Waals surface area contributed by atoms with Crippen molar-refractivity contribution in [1.29, 1.82) is 0 Å². The van der Waals surface area contributed by atoms with E-state index in [1.54, 1.807) is 23.1 Å². The van der Waals surface area contributed by atoms with Crippen LogP contribution in [0.15, 0.2) is 24.3 Å². The van der Waals surface area contributed by atoms with Crippen molar-refractivity contribution in [2.45, 2.75) is 58.5 Å². The molecule has 1 N–H and O–H groups in total. The van der Waals surface area contributed by atoms with E-state index >= 15 is 0 Å². The van der Waals surface area contributed by atoms with Gasteiger partial charge in [0.1, 0.15) is 5.75 Å². The highest BCUT2D eigenvalue weighted by molar-refractivity contribution is 5.95. The summed E-state index contributed by atoms with van der Waals surface area (Å²) in [5, 5.41) is 3.00. The Labute approximate surface area is 182 Å². The number of carbonyl (C=O) groups is 4. The van der Waals surface area contributed by atoms with E-state index < -0.39 is 5.97 Å². The average molecular weight is 430 g/mol. The fraction of sp³-hybridized carbons (Fsp3) is 0.565. The normalized spacial score (nSPS) is 20.0. The lowest BCUT2D eigenvalue weighted by atomic mass is 10.0. The Bertz CT molecular complexity index is 868. The number of piperidine rings is 1. The van der Waals surface area contributed by atoms with E-state index in [0.717, 1.165) is 0 Å². The molecule has 8 heteroatoms. The molecule has 8 nitrogen and oxygen atoms in total. The van der Waals surface area contributed by atoms with Crippen molar-refractivity contribution in [1.82, 2.24) is 15.1 Å². The van der Waals surface area contributed by atoms with Crippen LogP contribution >= 0.6 is 0 Å². The number of nitrogens with one attached hydrogen (secondary N) is 1. The Balaban J connectivity index is 1.51. The largest absolute Gasteiger partial charge is 0.427 e. The molecule has 0 saturated carbocycles. The Hall–Kier alpha value is -2.90. The molecule has 0 radical (unpaired) electrons. The smallest absolute Gasteiger partial charge is 0.308 e. The number of likely N-dealkylation sites (tertiary alicyclic amines) is 2. The van der Waals surface area contributed by atoms with E-state index in [2.05, 4.69) is 5.32 Å². The summed E-state index contributed by atoms with van der Waals surface area (Å²) in [4.78, 5) is 52.5. The summed E-state index contributed by atoms with van der Waals surface area (Å²) < 4.78 is 5.03. The summed E-state index contributed by atoms with van der Waals surface area (Å²) in [6.07, 6.45) is 1.58.